The summed E-state index contributed by atoms with van der Waals surface area (Å²) in [5, 5.41) is 0.987. The fraction of sp³-hybridized carbons (Fsp3) is 0.593. The van der Waals surface area contributed by atoms with Gasteiger partial charge in [-0.1, -0.05) is 32.0 Å². The Hall–Kier alpha value is -2.56. The lowest BCUT2D eigenvalue weighted by Crippen LogP contribution is -2.37. The van der Waals surface area contributed by atoms with Crippen molar-refractivity contribution in [3.63, 3.8) is 0 Å². The van der Waals surface area contributed by atoms with Crippen LogP contribution in [0.1, 0.15) is 51.8 Å². The first-order valence-electron chi connectivity index (χ1n) is 13.2. The zero-order valence-electron chi connectivity index (χ0n) is 22.1. The summed E-state index contributed by atoms with van der Waals surface area (Å²) >= 11 is 0. The number of hydrogen-bond donors (Lipinski definition) is 2. The standard InChI is InChI=1S/C27H39N5O4S/c1-18(2)19-10-11-20(23(33)16-19)17-37(34,35)29-13-6-7-14-32-24(12-15-36-3)31-25-26(32)21-8-4-5-9-22(21)30-27(25)28/h4-5,8-9,18-20,29H,6-7,10-17H2,1-3H3,(H2,28,30)/t19?,20-/m1/s1. The Morgan fingerprint density at radius 3 is 2.70 bits per heavy atom. The smallest absolute Gasteiger partial charge is 0.212 e. The maximum absolute atomic E-state index is 12.7. The number of para-hydroxylation sites is 1. The molecule has 9 nitrogen and oxygen atoms in total. The number of unbranched alkanes of at least 4 members (excludes halogenated alkanes) is 1. The van der Waals surface area contributed by atoms with E-state index in [0.29, 0.717) is 68.6 Å². The number of carbonyl (C=O) groups excluding carboxylic acids is 1. The molecular weight excluding hydrogens is 490 g/mol. The van der Waals surface area contributed by atoms with Crippen LogP contribution in [-0.2, 0) is 32.5 Å². The van der Waals surface area contributed by atoms with Gasteiger partial charge < -0.3 is 15.0 Å². The van der Waals surface area contributed by atoms with Gasteiger partial charge in [-0.15, -0.1) is 0 Å². The number of nitrogens with one attached hydrogen (secondary N) is 1. The second-order valence-corrected chi connectivity index (χ2v) is 12.3. The highest BCUT2D eigenvalue weighted by Crippen LogP contribution is 2.32. The van der Waals surface area contributed by atoms with Crippen molar-refractivity contribution in [1.82, 2.24) is 19.3 Å². The van der Waals surface area contributed by atoms with Crippen LogP contribution in [0.15, 0.2) is 24.3 Å². The minimum absolute atomic E-state index is 0.0897. The molecule has 1 unspecified atom stereocenters. The van der Waals surface area contributed by atoms with Gasteiger partial charge in [0.1, 0.15) is 17.1 Å². The normalized spacial score (nSPS) is 18.9. The van der Waals surface area contributed by atoms with E-state index in [0.717, 1.165) is 35.1 Å². The Kier molecular flexibility index (Phi) is 8.82. The molecular formula is C27H39N5O4S. The number of methoxy groups -OCH3 is 1. The topological polar surface area (TPSA) is 129 Å². The Bertz CT molecular complexity index is 1350. The molecule has 0 amide bonds. The second-order valence-electron chi connectivity index (χ2n) is 10.5. The van der Waals surface area contributed by atoms with E-state index in [-0.39, 0.29) is 17.5 Å². The number of fused-ring (bicyclic) bond motifs is 3. The highest BCUT2D eigenvalue weighted by molar-refractivity contribution is 7.89. The molecule has 2 heterocycles. The Balaban J connectivity index is 1.38. The molecule has 2 atom stereocenters. The summed E-state index contributed by atoms with van der Waals surface area (Å²) in [6.45, 7) is 5.78. The molecule has 0 radical (unpaired) electrons. The first kappa shape index (κ1) is 27.5. The van der Waals surface area contributed by atoms with Crippen molar-refractivity contribution in [2.75, 3.05) is 31.7 Å². The minimum atomic E-state index is -3.51. The number of ketones is 1. The number of pyridine rings is 1. The van der Waals surface area contributed by atoms with Gasteiger partial charge in [-0.3, -0.25) is 4.79 Å². The number of imidazole rings is 1. The number of hydrogen-bond acceptors (Lipinski definition) is 7. The third-order valence-electron chi connectivity index (χ3n) is 7.52. The molecule has 1 aliphatic carbocycles. The van der Waals surface area contributed by atoms with Crippen molar-refractivity contribution < 1.29 is 17.9 Å². The van der Waals surface area contributed by atoms with Crippen molar-refractivity contribution in [3.05, 3.63) is 30.1 Å². The fourth-order valence-corrected chi connectivity index (χ4v) is 6.78. The van der Waals surface area contributed by atoms with Crippen LogP contribution in [-0.4, -0.2) is 54.8 Å². The van der Waals surface area contributed by atoms with Crippen molar-refractivity contribution in [2.24, 2.45) is 17.8 Å². The Morgan fingerprint density at radius 2 is 1.97 bits per heavy atom. The number of carbonyl (C=O) groups is 1. The monoisotopic (exact) mass is 529 g/mol. The highest BCUT2D eigenvalue weighted by Gasteiger charge is 2.32. The average molecular weight is 530 g/mol. The number of benzene rings is 1. The van der Waals surface area contributed by atoms with Crippen LogP contribution in [0.2, 0.25) is 0 Å². The molecule has 202 valence electrons. The van der Waals surface area contributed by atoms with Crippen LogP contribution in [0, 0.1) is 17.8 Å². The van der Waals surface area contributed by atoms with Crippen molar-refractivity contribution in [3.8, 4) is 0 Å². The highest BCUT2D eigenvalue weighted by atomic mass is 32.2. The summed E-state index contributed by atoms with van der Waals surface area (Å²) in [7, 11) is -1.85. The molecule has 3 aromatic rings. The molecule has 1 fully saturated rings. The maximum Gasteiger partial charge on any atom is 0.212 e. The average Bonchev–Trinajstić information content (AvgIpc) is 3.22. The number of aromatic nitrogens is 3. The Morgan fingerprint density at radius 1 is 1.19 bits per heavy atom. The van der Waals surface area contributed by atoms with E-state index in [2.05, 4.69) is 28.1 Å². The molecule has 2 aromatic heterocycles. The second kappa shape index (κ2) is 11.9. The first-order chi connectivity index (χ1) is 17.7. The van der Waals surface area contributed by atoms with E-state index in [1.165, 1.54) is 0 Å². The first-order valence-corrected chi connectivity index (χ1v) is 14.9. The number of Topliss-reactive ketones (excluding diaryl/α,β-unsaturated/α-hetero) is 1. The summed E-state index contributed by atoms with van der Waals surface area (Å²) in [6.07, 6.45) is 4.13. The summed E-state index contributed by atoms with van der Waals surface area (Å²) in [4.78, 5) is 21.8. The van der Waals surface area contributed by atoms with Crippen LogP contribution in [0.5, 0.6) is 0 Å². The number of nitrogen functional groups attached to an aromatic ring is 1. The van der Waals surface area contributed by atoms with E-state index in [1.54, 1.807) is 7.11 Å². The molecule has 4 rings (SSSR count). The minimum Gasteiger partial charge on any atom is -0.384 e. The van der Waals surface area contributed by atoms with Crippen molar-refractivity contribution in [1.29, 1.82) is 0 Å². The number of sulfonamides is 1. The molecule has 3 N–H and O–H groups in total. The van der Waals surface area contributed by atoms with E-state index >= 15 is 0 Å². The maximum atomic E-state index is 12.7. The van der Waals surface area contributed by atoms with Gasteiger partial charge in [0.05, 0.1) is 23.4 Å². The molecule has 0 saturated heterocycles. The van der Waals surface area contributed by atoms with Crippen LogP contribution in [0.3, 0.4) is 0 Å². The number of ether oxygens (including phenoxy) is 1. The summed E-state index contributed by atoms with van der Waals surface area (Å²) in [6, 6.07) is 7.86. The third kappa shape index (κ3) is 6.48. The van der Waals surface area contributed by atoms with Gasteiger partial charge in [0.2, 0.25) is 10.0 Å². The third-order valence-corrected chi connectivity index (χ3v) is 9.00. The number of nitrogens with two attached hydrogens (primary N) is 1. The van der Waals surface area contributed by atoms with Crippen LogP contribution in [0.4, 0.5) is 5.82 Å². The van der Waals surface area contributed by atoms with Crippen molar-refractivity contribution >= 4 is 43.6 Å². The molecule has 10 heteroatoms. The van der Waals surface area contributed by atoms with E-state index < -0.39 is 10.0 Å². The zero-order valence-corrected chi connectivity index (χ0v) is 22.9. The van der Waals surface area contributed by atoms with Crippen LogP contribution >= 0.6 is 0 Å². The van der Waals surface area contributed by atoms with Gasteiger partial charge >= 0.3 is 0 Å². The van der Waals surface area contributed by atoms with E-state index in [1.807, 2.05) is 24.3 Å². The number of nitrogens with zero attached hydrogens (tertiary/aromatic N) is 3. The van der Waals surface area contributed by atoms with Gasteiger partial charge in [-0.05, 0) is 43.6 Å². The molecule has 1 aromatic carbocycles. The van der Waals surface area contributed by atoms with Crippen molar-refractivity contribution in [2.45, 2.75) is 58.9 Å². The van der Waals surface area contributed by atoms with Crippen LogP contribution < -0.4 is 10.5 Å². The van der Waals surface area contributed by atoms with Gasteiger partial charge in [-0.25, -0.2) is 23.1 Å². The van der Waals surface area contributed by atoms with E-state index in [4.69, 9.17) is 15.5 Å². The molecule has 0 aliphatic heterocycles. The molecule has 1 aliphatic rings. The molecule has 1 saturated carbocycles. The summed E-state index contributed by atoms with van der Waals surface area (Å²) in [5.74, 6) is 1.69. The quantitative estimate of drug-likeness (QED) is 0.342. The number of aryl methyl sites for hydroxylation is 1. The molecule has 0 spiro atoms. The zero-order chi connectivity index (χ0) is 26.6. The molecule has 37 heavy (non-hydrogen) atoms. The summed E-state index contributed by atoms with van der Waals surface area (Å²) < 4.78 is 35.5. The Labute approximate surface area is 219 Å². The largest absolute Gasteiger partial charge is 0.384 e. The fourth-order valence-electron chi connectivity index (χ4n) is 5.33. The molecule has 0 bridgehead atoms. The lowest BCUT2D eigenvalue weighted by molar-refractivity contribution is -0.125. The lowest BCUT2D eigenvalue weighted by Gasteiger charge is -2.29. The number of rotatable bonds is 12. The summed E-state index contributed by atoms with van der Waals surface area (Å²) in [5.41, 5.74) is 8.70. The van der Waals surface area contributed by atoms with E-state index in [9.17, 15) is 13.2 Å². The lowest BCUT2D eigenvalue weighted by atomic mass is 9.77. The van der Waals surface area contributed by atoms with Gasteiger partial charge in [0.15, 0.2) is 5.82 Å². The SMILES string of the molecule is COCCc1nc2c(N)nc3ccccc3c2n1CCCCNS(=O)(=O)C[C@H]1CCC(C(C)C)CC1=O. The predicted octanol–water partition coefficient (Wildman–Crippen LogP) is 3.70. The van der Waals surface area contributed by atoms with Gasteiger partial charge in [-0.2, -0.15) is 0 Å². The predicted molar refractivity (Wildman–Crippen MR) is 147 cm³/mol. The number of anilines is 1. The van der Waals surface area contributed by atoms with Gasteiger partial charge in [0.25, 0.3) is 0 Å². The van der Waals surface area contributed by atoms with Crippen LogP contribution in [0.25, 0.3) is 21.9 Å². The van der Waals surface area contributed by atoms with Gasteiger partial charge in [0, 0.05) is 44.3 Å².